The van der Waals surface area contributed by atoms with E-state index in [1.165, 1.54) is 9.87 Å². The lowest BCUT2D eigenvalue weighted by molar-refractivity contribution is -0.123. The number of benzene rings is 4. The van der Waals surface area contributed by atoms with E-state index in [2.05, 4.69) is 17.4 Å². The number of anilines is 1. The summed E-state index contributed by atoms with van der Waals surface area (Å²) in [5.74, 6) is 0.256. The van der Waals surface area contributed by atoms with Gasteiger partial charge in [-0.3, -0.25) is 9.10 Å². The Hall–Kier alpha value is -3.81. The number of halogens is 1. The molecular formula is C32H33ClN2O4S. The fraction of sp³-hybridized carbons (Fsp3) is 0.219. The van der Waals surface area contributed by atoms with Gasteiger partial charge in [0.25, 0.3) is 15.9 Å². The maximum Gasteiger partial charge on any atom is 0.264 e. The summed E-state index contributed by atoms with van der Waals surface area (Å²) in [5.41, 5.74) is 3.47. The van der Waals surface area contributed by atoms with Crippen LogP contribution in [-0.4, -0.2) is 27.0 Å². The van der Waals surface area contributed by atoms with Crippen molar-refractivity contribution in [2.45, 2.75) is 44.2 Å². The third-order valence-electron chi connectivity index (χ3n) is 6.46. The minimum Gasteiger partial charge on any atom is -0.484 e. The summed E-state index contributed by atoms with van der Waals surface area (Å²) in [6.45, 7) is 3.87. The van der Waals surface area contributed by atoms with Crippen molar-refractivity contribution in [3.05, 3.63) is 125 Å². The molecule has 0 radical (unpaired) electrons. The van der Waals surface area contributed by atoms with E-state index in [9.17, 15) is 13.2 Å². The van der Waals surface area contributed by atoms with Crippen LogP contribution in [0, 0.1) is 6.92 Å². The highest BCUT2D eigenvalue weighted by Gasteiger charge is 2.25. The van der Waals surface area contributed by atoms with Crippen molar-refractivity contribution < 1.29 is 17.9 Å². The summed E-state index contributed by atoms with van der Waals surface area (Å²) in [4.78, 5) is 12.6. The van der Waals surface area contributed by atoms with Crippen LogP contribution >= 0.6 is 11.6 Å². The summed E-state index contributed by atoms with van der Waals surface area (Å²) in [6.07, 6.45) is 1.70. The highest BCUT2D eigenvalue weighted by atomic mass is 35.5. The normalized spacial score (nSPS) is 12.0. The van der Waals surface area contributed by atoms with Crippen molar-refractivity contribution in [3.63, 3.8) is 0 Å². The summed E-state index contributed by atoms with van der Waals surface area (Å²) < 4.78 is 34.4. The number of ether oxygens (including phenoxy) is 1. The SMILES string of the molecule is Cc1ccc(S(=O)(=O)N(Cc2ccc(Cl)cc2)c2ccc(OCC(=O)N[C@@H](C)CCc3ccccc3)cc2)cc1. The molecule has 0 saturated carbocycles. The van der Waals surface area contributed by atoms with E-state index in [1.807, 2.05) is 32.0 Å². The molecule has 1 N–H and O–H groups in total. The zero-order valence-electron chi connectivity index (χ0n) is 22.6. The van der Waals surface area contributed by atoms with E-state index in [-0.39, 0.29) is 30.0 Å². The largest absolute Gasteiger partial charge is 0.484 e. The van der Waals surface area contributed by atoms with Crippen LogP contribution in [0.15, 0.2) is 108 Å². The van der Waals surface area contributed by atoms with Crippen molar-refractivity contribution in [3.8, 4) is 5.75 Å². The molecule has 6 nitrogen and oxygen atoms in total. The molecule has 0 bridgehead atoms. The minimum atomic E-state index is -3.86. The number of nitrogens with one attached hydrogen (secondary N) is 1. The average Bonchev–Trinajstić information content (AvgIpc) is 2.96. The molecule has 4 rings (SSSR count). The molecular weight excluding hydrogens is 544 g/mol. The van der Waals surface area contributed by atoms with E-state index in [0.29, 0.717) is 16.5 Å². The van der Waals surface area contributed by atoms with Gasteiger partial charge in [0.05, 0.1) is 17.1 Å². The maximum absolute atomic E-state index is 13.7. The Kier molecular flexibility index (Phi) is 9.85. The van der Waals surface area contributed by atoms with Gasteiger partial charge in [0.1, 0.15) is 5.75 Å². The zero-order valence-corrected chi connectivity index (χ0v) is 24.2. The van der Waals surface area contributed by atoms with Crippen LogP contribution in [-0.2, 0) is 27.8 Å². The second kappa shape index (κ2) is 13.5. The molecule has 0 aromatic heterocycles. The number of sulfonamides is 1. The van der Waals surface area contributed by atoms with Crippen LogP contribution in [0.4, 0.5) is 5.69 Å². The first-order valence-corrected chi connectivity index (χ1v) is 14.9. The molecule has 0 aliphatic heterocycles. The van der Waals surface area contributed by atoms with Gasteiger partial charge < -0.3 is 10.1 Å². The molecule has 40 heavy (non-hydrogen) atoms. The van der Waals surface area contributed by atoms with Crippen LogP contribution in [0.3, 0.4) is 0 Å². The Morgan fingerprint density at radius 3 is 2.17 bits per heavy atom. The Bertz CT molecular complexity index is 1490. The van der Waals surface area contributed by atoms with E-state index in [4.69, 9.17) is 16.3 Å². The number of nitrogens with zero attached hydrogens (tertiary/aromatic N) is 1. The first kappa shape index (κ1) is 29.2. The van der Waals surface area contributed by atoms with Crippen LogP contribution in [0.25, 0.3) is 0 Å². The smallest absolute Gasteiger partial charge is 0.264 e. The number of hydrogen-bond acceptors (Lipinski definition) is 4. The summed E-state index contributed by atoms with van der Waals surface area (Å²) in [5, 5.41) is 3.54. The first-order valence-electron chi connectivity index (χ1n) is 13.1. The molecule has 1 atom stereocenters. The Balaban J connectivity index is 1.41. The highest BCUT2D eigenvalue weighted by molar-refractivity contribution is 7.92. The highest BCUT2D eigenvalue weighted by Crippen LogP contribution is 2.28. The number of aryl methyl sites for hydroxylation is 2. The van der Waals surface area contributed by atoms with E-state index >= 15 is 0 Å². The average molecular weight is 577 g/mol. The van der Waals surface area contributed by atoms with Gasteiger partial charge in [-0.15, -0.1) is 0 Å². The second-order valence-electron chi connectivity index (χ2n) is 9.73. The molecule has 0 fully saturated rings. The lowest BCUT2D eigenvalue weighted by Crippen LogP contribution is -2.36. The Labute approximate surface area is 241 Å². The van der Waals surface area contributed by atoms with E-state index < -0.39 is 10.0 Å². The Morgan fingerprint density at radius 2 is 1.52 bits per heavy atom. The second-order valence-corrected chi connectivity index (χ2v) is 12.0. The van der Waals surface area contributed by atoms with Crippen LogP contribution in [0.2, 0.25) is 5.02 Å². The first-order chi connectivity index (χ1) is 19.2. The number of rotatable bonds is 12. The van der Waals surface area contributed by atoms with Crippen molar-refractivity contribution in [2.24, 2.45) is 0 Å². The summed E-state index contributed by atoms with van der Waals surface area (Å²) in [7, 11) is -3.86. The minimum absolute atomic E-state index is 0.00656. The fourth-order valence-corrected chi connectivity index (χ4v) is 5.76. The molecule has 4 aromatic carbocycles. The predicted octanol–water partition coefficient (Wildman–Crippen LogP) is 6.56. The lowest BCUT2D eigenvalue weighted by atomic mass is 10.1. The fourth-order valence-electron chi connectivity index (χ4n) is 4.18. The van der Waals surface area contributed by atoms with Crippen molar-refractivity contribution in [2.75, 3.05) is 10.9 Å². The predicted molar refractivity (Wildman–Crippen MR) is 160 cm³/mol. The molecule has 4 aromatic rings. The molecule has 8 heteroatoms. The van der Waals surface area contributed by atoms with Gasteiger partial charge in [-0.2, -0.15) is 0 Å². The van der Waals surface area contributed by atoms with Crippen LogP contribution < -0.4 is 14.4 Å². The molecule has 0 saturated heterocycles. The maximum atomic E-state index is 13.7. The molecule has 1 amide bonds. The molecule has 208 valence electrons. The van der Waals surface area contributed by atoms with Gasteiger partial charge in [0.15, 0.2) is 6.61 Å². The van der Waals surface area contributed by atoms with Crippen LogP contribution in [0.5, 0.6) is 5.75 Å². The zero-order chi connectivity index (χ0) is 28.5. The van der Waals surface area contributed by atoms with Crippen LogP contribution in [0.1, 0.15) is 30.0 Å². The third-order valence-corrected chi connectivity index (χ3v) is 8.50. The molecule has 0 aliphatic rings. The number of amides is 1. The summed E-state index contributed by atoms with van der Waals surface area (Å²) in [6, 6.07) is 30.7. The molecule has 0 unspecified atom stereocenters. The number of hydrogen-bond donors (Lipinski definition) is 1. The van der Waals surface area contributed by atoms with Crippen molar-refractivity contribution in [1.29, 1.82) is 0 Å². The Morgan fingerprint density at radius 1 is 0.875 bits per heavy atom. The van der Waals surface area contributed by atoms with Crippen molar-refractivity contribution in [1.82, 2.24) is 5.32 Å². The summed E-state index contributed by atoms with van der Waals surface area (Å²) >= 11 is 6.03. The quantitative estimate of drug-likeness (QED) is 0.207. The number of carbonyl (C=O) groups is 1. The van der Waals surface area contributed by atoms with Gasteiger partial charge in [-0.25, -0.2) is 8.42 Å². The van der Waals surface area contributed by atoms with Gasteiger partial charge >= 0.3 is 0 Å². The monoisotopic (exact) mass is 576 g/mol. The number of carbonyl (C=O) groups excluding carboxylic acids is 1. The lowest BCUT2D eigenvalue weighted by Gasteiger charge is -2.25. The van der Waals surface area contributed by atoms with Crippen molar-refractivity contribution >= 4 is 33.2 Å². The van der Waals surface area contributed by atoms with Gasteiger partial charge in [0.2, 0.25) is 0 Å². The van der Waals surface area contributed by atoms with E-state index in [0.717, 1.165) is 24.0 Å². The molecule has 0 spiro atoms. The standard InChI is InChI=1S/C32H33ClN2O4S/c1-24-8-20-31(21-9-24)40(37,38)35(22-27-12-14-28(33)15-13-27)29-16-18-30(19-17-29)39-23-32(36)34-25(2)10-11-26-6-4-3-5-7-26/h3-9,12-21,25H,10-11,22-23H2,1-2H3,(H,34,36)/t25-/m0/s1. The van der Waals surface area contributed by atoms with E-state index in [1.54, 1.807) is 72.8 Å². The van der Waals surface area contributed by atoms with Gasteiger partial charge in [0, 0.05) is 11.1 Å². The third kappa shape index (κ3) is 8.10. The van der Waals surface area contributed by atoms with Gasteiger partial charge in [-0.1, -0.05) is 71.8 Å². The van der Waals surface area contributed by atoms with Gasteiger partial charge in [-0.05, 0) is 86.3 Å². The molecule has 0 aliphatic carbocycles. The molecule has 0 heterocycles. The topological polar surface area (TPSA) is 75.7 Å².